The van der Waals surface area contributed by atoms with Crippen molar-refractivity contribution < 1.29 is 55.1 Å². The molecular weight excluding hydrogens is 362 g/mol. The van der Waals surface area contributed by atoms with Crippen molar-refractivity contribution in [2.75, 3.05) is 13.2 Å². The lowest BCUT2D eigenvalue weighted by atomic mass is 9.97. The van der Waals surface area contributed by atoms with Crippen LogP contribution in [0.25, 0.3) is 16.0 Å². The van der Waals surface area contributed by atoms with Gasteiger partial charge in [0.05, 0.1) is 13.2 Å². The average molecular weight is 384 g/mol. The lowest BCUT2D eigenvalue weighted by molar-refractivity contribution is -0.355. The topological polar surface area (TPSA) is 248 Å². The van der Waals surface area contributed by atoms with Crippen LogP contribution in [0.15, 0.2) is 0 Å². The summed E-state index contributed by atoms with van der Waals surface area (Å²) in [6.45, 7) is -1.35. The molecular formula is C12H22N3O11-. The Labute approximate surface area is 146 Å². The Bertz CT molecular complexity index is 462. The standard InChI is InChI=1S/C12H22O11.N3/c13-1-3-5(15)6(16)9(19)12(22-3)23-10-4(2-14)21-11(20)8(18)7(10)17;1-3-2/h3-20H,1-2H2;/q;-1/t3-,4-,5+,6+,7-,8-,9-,10-,11?,12+;/m1./s1. The molecule has 8 N–H and O–H groups in total. The van der Waals surface area contributed by atoms with E-state index >= 15 is 0 Å². The smallest absolute Gasteiger partial charge is 0.187 e. The summed E-state index contributed by atoms with van der Waals surface area (Å²) in [6, 6.07) is 0. The molecule has 14 heteroatoms. The minimum Gasteiger partial charge on any atom is -0.394 e. The second-order valence-electron chi connectivity index (χ2n) is 5.62. The molecule has 0 radical (unpaired) electrons. The highest BCUT2D eigenvalue weighted by Crippen LogP contribution is 2.28. The molecule has 152 valence electrons. The molecule has 0 saturated carbocycles. The van der Waals surface area contributed by atoms with E-state index in [2.05, 4.69) is 0 Å². The van der Waals surface area contributed by atoms with Gasteiger partial charge in [0.1, 0.15) is 48.8 Å². The van der Waals surface area contributed by atoms with Crippen LogP contribution in [-0.2, 0) is 14.2 Å². The van der Waals surface area contributed by atoms with E-state index in [-0.39, 0.29) is 0 Å². The normalized spacial score (nSPS) is 46.0. The summed E-state index contributed by atoms with van der Waals surface area (Å²) in [6.07, 6.45) is -15.6. The summed E-state index contributed by atoms with van der Waals surface area (Å²) in [5.74, 6) is 0. The second-order valence-corrected chi connectivity index (χ2v) is 5.62. The number of nitrogens with zero attached hydrogens (tertiary/aromatic N) is 3. The SMILES string of the molecule is OC[C@H]1O[C@@H](O[C@H]2[C@H](O)[C@@H](O)C(O)O[C@@H]2CO)[C@H](O)[C@@H](O)[C@H]1O.[N-]=[N+]=[N-]. The van der Waals surface area contributed by atoms with Crippen molar-refractivity contribution in [1.29, 1.82) is 0 Å². The fourth-order valence-electron chi connectivity index (χ4n) is 2.57. The van der Waals surface area contributed by atoms with Gasteiger partial charge in [-0.3, -0.25) is 4.91 Å². The molecule has 14 nitrogen and oxygen atoms in total. The third-order valence-corrected chi connectivity index (χ3v) is 3.98. The highest BCUT2D eigenvalue weighted by Gasteiger charge is 2.50. The molecule has 10 atom stereocenters. The van der Waals surface area contributed by atoms with Gasteiger partial charge >= 0.3 is 0 Å². The van der Waals surface area contributed by atoms with E-state index in [4.69, 9.17) is 30.4 Å². The minimum absolute atomic E-state index is 0.667. The van der Waals surface area contributed by atoms with E-state index in [0.717, 1.165) is 0 Å². The Hall–Kier alpha value is -1.13. The van der Waals surface area contributed by atoms with Crippen LogP contribution in [-0.4, -0.2) is 115 Å². The predicted molar refractivity (Wildman–Crippen MR) is 78.7 cm³/mol. The molecule has 2 aliphatic heterocycles. The van der Waals surface area contributed by atoms with Crippen LogP contribution in [0.3, 0.4) is 0 Å². The van der Waals surface area contributed by atoms with Gasteiger partial charge in [-0.2, -0.15) is 0 Å². The molecule has 2 aliphatic rings. The zero-order valence-corrected chi connectivity index (χ0v) is 13.3. The first-order chi connectivity index (χ1) is 12.2. The summed E-state index contributed by atoms with van der Waals surface area (Å²) < 4.78 is 15.3. The third-order valence-electron chi connectivity index (χ3n) is 3.98. The molecule has 0 aromatic heterocycles. The van der Waals surface area contributed by atoms with Gasteiger partial charge in [-0.15, -0.1) is 0 Å². The largest absolute Gasteiger partial charge is 0.394 e. The lowest BCUT2D eigenvalue weighted by Gasteiger charge is -2.45. The van der Waals surface area contributed by atoms with Crippen LogP contribution >= 0.6 is 0 Å². The molecule has 2 saturated heterocycles. The van der Waals surface area contributed by atoms with E-state index in [0.29, 0.717) is 0 Å². The Morgan fingerprint density at radius 3 is 1.77 bits per heavy atom. The van der Waals surface area contributed by atoms with Gasteiger partial charge in [-0.1, -0.05) is 0 Å². The Morgan fingerprint density at radius 2 is 1.27 bits per heavy atom. The van der Waals surface area contributed by atoms with E-state index in [1.807, 2.05) is 0 Å². The maximum atomic E-state index is 9.94. The molecule has 2 fully saturated rings. The summed E-state index contributed by atoms with van der Waals surface area (Å²) in [7, 11) is 0. The maximum Gasteiger partial charge on any atom is 0.187 e. The molecule has 26 heavy (non-hydrogen) atoms. The number of aliphatic hydroxyl groups excluding tert-OH is 8. The molecule has 0 bridgehead atoms. The number of aliphatic hydroxyl groups is 8. The number of hydrogen-bond acceptors (Lipinski definition) is 11. The summed E-state index contributed by atoms with van der Waals surface area (Å²) in [5, 5.41) is 76.5. The van der Waals surface area contributed by atoms with Crippen molar-refractivity contribution in [3.8, 4) is 0 Å². The predicted octanol–water partition coefficient (Wildman–Crippen LogP) is -4.53. The van der Waals surface area contributed by atoms with E-state index in [1.54, 1.807) is 0 Å². The van der Waals surface area contributed by atoms with Gasteiger partial charge in [0.2, 0.25) is 0 Å². The minimum atomic E-state index is -1.74. The number of ether oxygens (including phenoxy) is 3. The zero-order chi connectivity index (χ0) is 20.0. The molecule has 0 spiro atoms. The fourth-order valence-corrected chi connectivity index (χ4v) is 2.57. The number of rotatable bonds is 4. The Kier molecular flexibility index (Phi) is 9.05. The molecule has 1 unspecified atom stereocenters. The quantitative estimate of drug-likeness (QED) is 0.130. The Morgan fingerprint density at radius 1 is 0.731 bits per heavy atom. The monoisotopic (exact) mass is 384 g/mol. The zero-order valence-electron chi connectivity index (χ0n) is 13.3. The van der Waals surface area contributed by atoms with Gasteiger partial charge in [0.25, 0.3) is 0 Å². The van der Waals surface area contributed by atoms with E-state index < -0.39 is 74.6 Å². The summed E-state index contributed by atoms with van der Waals surface area (Å²) in [5.41, 5.74) is 13.5. The molecule has 0 aromatic rings. The van der Waals surface area contributed by atoms with E-state index in [1.165, 1.54) is 4.91 Å². The second kappa shape index (κ2) is 10.3. The van der Waals surface area contributed by atoms with Crippen LogP contribution in [0.5, 0.6) is 0 Å². The van der Waals surface area contributed by atoms with Gasteiger partial charge in [-0.25, -0.2) is 0 Å². The van der Waals surface area contributed by atoms with Gasteiger partial charge in [0, 0.05) is 0 Å². The first-order valence-electron chi connectivity index (χ1n) is 7.48. The van der Waals surface area contributed by atoms with Gasteiger partial charge in [0.15, 0.2) is 12.6 Å². The highest BCUT2D eigenvalue weighted by molar-refractivity contribution is 4.93. The van der Waals surface area contributed by atoms with Crippen LogP contribution < -0.4 is 0 Å². The first-order valence-corrected chi connectivity index (χ1v) is 7.48. The van der Waals surface area contributed by atoms with E-state index in [9.17, 15) is 35.7 Å². The van der Waals surface area contributed by atoms with Crippen LogP contribution in [0.1, 0.15) is 0 Å². The Balaban J connectivity index is 0.00000105. The summed E-state index contributed by atoms with van der Waals surface area (Å²) >= 11 is 0. The van der Waals surface area contributed by atoms with Crippen molar-refractivity contribution in [3.63, 3.8) is 0 Å². The van der Waals surface area contributed by atoms with Crippen molar-refractivity contribution in [2.24, 2.45) is 0 Å². The van der Waals surface area contributed by atoms with Crippen molar-refractivity contribution in [1.82, 2.24) is 0 Å². The van der Waals surface area contributed by atoms with Crippen molar-refractivity contribution in [2.45, 2.75) is 61.4 Å². The maximum absolute atomic E-state index is 9.94. The van der Waals surface area contributed by atoms with Crippen LogP contribution in [0.4, 0.5) is 0 Å². The first kappa shape index (κ1) is 22.9. The fraction of sp³-hybridized carbons (Fsp3) is 1.00. The number of hydrogen-bond donors (Lipinski definition) is 8. The van der Waals surface area contributed by atoms with Crippen molar-refractivity contribution >= 4 is 0 Å². The third kappa shape index (κ3) is 4.98. The lowest BCUT2D eigenvalue weighted by Crippen LogP contribution is -2.64. The average Bonchev–Trinajstić information content (AvgIpc) is 2.62. The summed E-state index contributed by atoms with van der Waals surface area (Å²) in [4.78, 5) is 1.50. The molecule has 0 aliphatic carbocycles. The van der Waals surface area contributed by atoms with Crippen molar-refractivity contribution in [3.05, 3.63) is 16.0 Å². The van der Waals surface area contributed by atoms with Crippen LogP contribution in [0.2, 0.25) is 0 Å². The molecule has 2 heterocycles. The molecule has 0 aromatic carbocycles. The van der Waals surface area contributed by atoms with Crippen LogP contribution in [0, 0.1) is 0 Å². The molecule has 2 rings (SSSR count). The molecule has 0 amide bonds. The highest BCUT2D eigenvalue weighted by atomic mass is 16.7. The van der Waals surface area contributed by atoms with Gasteiger partial charge in [-0.05, 0) is 0 Å². The van der Waals surface area contributed by atoms with Gasteiger partial charge < -0.3 is 66.1 Å².